The quantitative estimate of drug-likeness (QED) is 0.854. The van der Waals surface area contributed by atoms with E-state index in [9.17, 15) is 14.0 Å². The van der Waals surface area contributed by atoms with Crippen LogP contribution in [-0.4, -0.2) is 47.7 Å². The predicted octanol–water partition coefficient (Wildman–Crippen LogP) is 2.38. The number of hydrogen-bond donors (Lipinski definition) is 1. The van der Waals surface area contributed by atoms with Gasteiger partial charge < -0.3 is 19.5 Å². The summed E-state index contributed by atoms with van der Waals surface area (Å²) >= 11 is 0. The zero-order valence-corrected chi connectivity index (χ0v) is 14.4. The number of amides is 2. The Morgan fingerprint density at radius 3 is 2.88 bits per heavy atom. The standard InChI is InChI=1S/C18H20FN3O4/c1-12-8-16(21-26-12)20-17(23)11-22(10-15-6-3-7-25-15)18(24)13-4-2-5-14(19)9-13/h2,4-5,8-9,15H,3,6-7,10-11H2,1H3,(H,20,21,23). The van der Waals surface area contributed by atoms with E-state index in [1.807, 2.05) is 0 Å². The summed E-state index contributed by atoms with van der Waals surface area (Å²) in [5.74, 6) is -0.502. The number of ether oxygens (including phenoxy) is 1. The summed E-state index contributed by atoms with van der Waals surface area (Å²) in [6.45, 7) is 2.42. The van der Waals surface area contributed by atoms with Crippen molar-refractivity contribution in [3.63, 3.8) is 0 Å². The molecule has 1 atom stereocenters. The van der Waals surface area contributed by atoms with Crippen molar-refractivity contribution in [1.29, 1.82) is 0 Å². The maximum atomic E-state index is 13.5. The van der Waals surface area contributed by atoms with Crippen LogP contribution in [0.15, 0.2) is 34.9 Å². The van der Waals surface area contributed by atoms with Crippen LogP contribution in [0, 0.1) is 12.7 Å². The first-order valence-electron chi connectivity index (χ1n) is 8.41. The molecular weight excluding hydrogens is 341 g/mol. The number of nitrogens with one attached hydrogen (secondary N) is 1. The maximum absolute atomic E-state index is 13.5. The first kappa shape index (κ1) is 18.1. The summed E-state index contributed by atoms with van der Waals surface area (Å²) in [7, 11) is 0. The van der Waals surface area contributed by atoms with E-state index < -0.39 is 17.6 Å². The Labute approximate surface area is 150 Å². The van der Waals surface area contributed by atoms with Gasteiger partial charge in [0.05, 0.1) is 6.10 Å². The fourth-order valence-corrected chi connectivity index (χ4v) is 2.84. The molecule has 26 heavy (non-hydrogen) atoms. The topological polar surface area (TPSA) is 84.7 Å². The number of benzene rings is 1. The molecule has 138 valence electrons. The molecule has 0 spiro atoms. The number of carbonyl (C=O) groups is 2. The largest absolute Gasteiger partial charge is 0.376 e. The Balaban J connectivity index is 1.71. The van der Waals surface area contributed by atoms with Crippen LogP contribution in [0.25, 0.3) is 0 Å². The molecule has 7 nitrogen and oxygen atoms in total. The van der Waals surface area contributed by atoms with Crippen LogP contribution in [-0.2, 0) is 9.53 Å². The highest BCUT2D eigenvalue weighted by Gasteiger charge is 2.25. The Hall–Kier alpha value is -2.74. The normalized spacial score (nSPS) is 16.5. The maximum Gasteiger partial charge on any atom is 0.254 e. The van der Waals surface area contributed by atoms with Gasteiger partial charge in [0, 0.05) is 24.8 Å². The van der Waals surface area contributed by atoms with Crippen molar-refractivity contribution in [2.45, 2.75) is 25.9 Å². The third-order valence-corrected chi connectivity index (χ3v) is 4.04. The SMILES string of the molecule is Cc1cc(NC(=O)CN(CC2CCCO2)C(=O)c2cccc(F)c2)no1. The molecule has 2 amide bonds. The molecular formula is C18H20FN3O4. The summed E-state index contributed by atoms with van der Waals surface area (Å²) in [5, 5.41) is 6.28. The second-order valence-electron chi connectivity index (χ2n) is 6.20. The van der Waals surface area contributed by atoms with E-state index >= 15 is 0 Å². The highest BCUT2D eigenvalue weighted by atomic mass is 19.1. The minimum absolute atomic E-state index is 0.130. The van der Waals surface area contributed by atoms with Crippen LogP contribution in [0.4, 0.5) is 10.2 Å². The molecule has 0 bridgehead atoms. The molecule has 2 aromatic rings. The van der Waals surface area contributed by atoms with Gasteiger partial charge in [0.25, 0.3) is 5.91 Å². The van der Waals surface area contributed by atoms with Gasteiger partial charge in [0.15, 0.2) is 5.82 Å². The van der Waals surface area contributed by atoms with Crippen molar-refractivity contribution in [3.8, 4) is 0 Å². The highest BCUT2D eigenvalue weighted by molar-refractivity contribution is 5.99. The predicted molar refractivity (Wildman–Crippen MR) is 91.1 cm³/mol. The van der Waals surface area contributed by atoms with Gasteiger partial charge in [-0.1, -0.05) is 11.2 Å². The van der Waals surface area contributed by atoms with Gasteiger partial charge in [-0.15, -0.1) is 0 Å². The number of halogens is 1. The van der Waals surface area contributed by atoms with E-state index in [0.717, 1.165) is 18.9 Å². The van der Waals surface area contributed by atoms with Crippen molar-refractivity contribution in [2.75, 3.05) is 25.0 Å². The van der Waals surface area contributed by atoms with E-state index in [-0.39, 0.29) is 30.6 Å². The molecule has 1 aromatic heterocycles. The summed E-state index contributed by atoms with van der Waals surface area (Å²) in [6.07, 6.45) is 1.60. The van der Waals surface area contributed by atoms with Gasteiger partial charge in [-0.25, -0.2) is 4.39 Å². The second-order valence-corrected chi connectivity index (χ2v) is 6.20. The molecule has 0 aliphatic carbocycles. The number of carbonyl (C=O) groups excluding carboxylic acids is 2. The van der Waals surface area contributed by atoms with Crippen LogP contribution in [0.1, 0.15) is 29.0 Å². The molecule has 3 rings (SSSR count). The Kier molecular flexibility index (Phi) is 5.62. The fourth-order valence-electron chi connectivity index (χ4n) is 2.84. The van der Waals surface area contributed by atoms with Crippen molar-refractivity contribution >= 4 is 17.6 Å². The van der Waals surface area contributed by atoms with Gasteiger partial charge in [-0.2, -0.15) is 0 Å². The number of aryl methyl sites for hydroxylation is 1. The lowest BCUT2D eigenvalue weighted by Crippen LogP contribution is -2.42. The molecule has 1 aliphatic rings. The lowest BCUT2D eigenvalue weighted by atomic mass is 10.1. The van der Waals surface area contributed by atoms with Gasteiger partial charge >= 0.3 is 0 Å². The zero-order chi connectivity index (χ0) is 18.5. The summed E-state index contributed by atoms with van der Waals surface area (Å²) < 4.78 is 23.9. The molecule has 1 aliphatic heterocycles. The molecule has 2 heterocycles. The third-order valence-electron chi connectivity index (χ3n) is 4.04. The van der Waals surface area contributed by atoms with Gasteiger partial charge in [0.1, 0.15) is 18.1 Å². The van der Waals surface area contributed by atoms with E-state index in [1.165, 1.54) is 23.1 Å². The van der Waals surface area contributed by atoms with Crippen molar-refractivity contribution in [3.05, 3.63) is 47.5 Å². The molecule has 1 aromatic carbocycles. The summed E-state index contributed by atoms with van der Waals surface area (Å²) in [6, 6.07) is 6.99. The first-order chi connectivity index (χ1) is 12.5. The van der Waals surface area contributed by atoms with Crippen molar-refractivity contribution in [2.24, 2.45) is 0 Å². The van der Waals surface area contributed by atoms with E-state index in [1.54, 1.807) is 13.0 Å². The van der Waals surface area contributed by atoms with Crippen LogP contribution >= 0.6 is 0 Å². The van der Waals surface area contributed by atoms with Gasteiger partial charge in [-0.05, 0) is 38.0 Å². The Morgan fingerprint density at radius 2 is 2.23 bits per heavy atom. The molecule has 0 radical (unpaired) electrons. The number of anilines is 1. The van der Waals surface area contributed by atoms with Gasteiger partial charge in [0.2, 0.25) is 5.91 Å². The third kappa shape index (κ3) is 4.66. The molecule has 1 saturated heterocycles. The lowest BCUT2D eigenvalue weighted by molar-refractivity contribution is -0.117. The van der Waals surface area contributed by atoms with Crippen molar-refractivity contribution < 1.29 is 23.2 Å². The number of rotatable bonds is 6. The Bertz CT molecular complexity index is 786. The number of hydrogen-bond acceptors (Lipinski definition) is 5. The smallest absolute Gasteiger partial charge is 0.254 e. The highest BCUT2D eigenvalue weighted by Crippen LogP contribution is 2.16. The first-order valence-corrected chi connectivity index (χ1v) is 8.41. The fraction of sp³-hybridized carbons (Fsp3) is 0.389. The number of aromatic nitrogens is 1. The average Bonchev–Trinajstić information content (AvgIpc) is 3.25. The zero-order valence-electron chi connectivity index (χ0n) is 14.4. The molecule has 1 unspecified atom stereocenters. The monoisotopic (exact) mass is 361 g/mol. The average molecular weight is 361 g/mol. The van der Waals surface area contributed by atoms with Gasteiger partial charge in [-0.3, -0.25) is 9.59 Å². The second kappa shape index (κ2) is 8.09. The summed E-state index contributed by atoms with van der Waals surface area (Å²) in [5.41, 5.74) is 0.188. The molecule has 1 N–H and O–H groups in total. The summed E-state index contributed by atoms with van der Waals surface area (Å²) in [4.78, 5) is 26.4. The van der Waals surface area contributed by atoms with Crippen LogP contribution in [0.3, 0.4) is 0 Å². The van der Waals surface area contributed by atoms with Crippen molar-refractivity contribution in [1.82, 2.24) is 10.1 Å². The van der Waals surface area contributed by atoms with E-state index in [4.69, 9.17) is 9.26 Å². The van der Waals surface area contributed by atoms with Crippen LogP contribution in [0.2, 0.25) is 0 Å². The molecule has 1 fully saturated rings. The Morgan fingerprint density at radius 1 is 1.38 bits per heavy atom. The van der Waals surface area contributed by atoms with Crippen LogP contribution in [0.5, 0.6) is 0 Å². The van der Waals surface area contributed by atoms with E-state index in [2.05, 4.69) is 10.5 Å². The lowest BCUT2D eigenvalue weighted by Gasteiger charge is -2.25. The van der Waals surface area contributed by atoms with E-state index in [0.29, 0.717) is 12.4 Å². The minimum atomic E-state index is -0.504. The minimum Gasteiger partial charge on any atom is -0.376 e. The molecule has 8 heteroatoms. The molecule has 0 saturated carbocycles. The van der Waals surface area contributed by atoms with Crippen LogP contribution < -0.4 is 5.32 Å². The number of nitrogens with zero attached hydrogens (tertiary/aromatic N) is 2.